The third kappa shape index (κ3) is 5.13. The molecule has 16 nitrogen and oxygen atoms in total. The minimum absolute atomic E-state index is 0.113. The van der Waals surface area contributed by atoms with Crippen molar-refractivity contribution in [3.63, 3.8) is 0 Å². The van der Waals surface area contributed by atoms with E-state index in [9.17, 15) is 29.6 Å². The molecule has 6 rings (SSSR count). The highest BCUT2D eigenvalue weighted by molar-refractivity contribution is 7.99. The van der Waals surface area contributed by atoms with Crippen LogP contribution >= 0.6 is 30.9 Å². The summed E-state index contributed by atoms with van der Waals surface area (Å²) in [7, 11) is -4.91. The number of nitrogens with zero attached hydrogens (tertiary/aromatic N) is 5. The van der Waals surface area contributed by atoms with Gasteiger partial charge in [-0.25, -0.2) is 29.3 Å². The Labute approximate surface area is 232 Å². The van der Waals surface area contributed by atoms with Gasteiger partial charge in [-0.15, -0.1) is 23.1 Å². The average Bonchev–Trinajstić information content (AvgIpc) is 3.69. The molecule has 40 heavy (non-hydrogen) atoms. The van der Waals surface area contributed by atoms with Crippen molar-refractivity contribution in [3.05, 3.63) is 35.9 Å². The molecule has 2 fully saturated rings. The van der Waals surface area contributed by atoms with Crippen LogP contribution in [0.4, 0.5) is 5.82 Å². The minimum Gasteiger partial charge on any atom is -0.508 e. The summed E-state index contributed by atoms with van der Waals surface area (Å²) < 4.78 is 30.0. The first-order valence-electron chi connectivity index (χ1n) is 11.7. The van der Waals surface area contributed by atoms with Crippen molar-refractivity contribution in [1.29, 1.82) is 0 Å². The van der Waals surface area contributed by atoms with Gasteiger partial charge in [0.15, 0.2) is 17.7 Å². The number of imidazole rings is 1. The van der Waals surface area contributed by atoms with Crippen LogP contribution in [-0.4, -0.2) is 87.4 Å². The molecular formula is C21H22N7O9PS2. The molecule has 3 aromatic heterocycles. The molecule has 0 saturated carbocycles. The van der Waals surface area contributed by atoms with Crippen LogP contribution in [0.3, 0.4) is 0 Å². The van der Waals surface area contributed by atoms with Crippen molar-refractivity contribution in [3.8, 4) is 5.75 Å². The number of hydrogen-bond acceptors (Lipinski definition) is 16. The van der Waals surface area contributed by atoms with E-state index in [-0.39, 0.29) is 33.9 Å². The summed E-state index contributed by atoms with van der Waals surface area (Å²) in [5.41, 5.74) is 6.99. The minimum atomic E-state index is -4.91. The zero-order valence-corrected chi connectivity index (χ0v) is 22.7. The zero-order chi connectivity index (χ0) is 28.2. The first-order valence-corrected chi connectivity index (χ1v) is 15.1. The number of thiazole rings is 1. The predicted octanol–water partition coefficient (Wildman–Crippen LogP) is 0.407. The van der Waals surface area contributed by atoms with Gasteiger partial charge in [-0.1, -0.05) is 0 Å². The van der Waals surface area contributed by atoms with E-state index in [0.717, 1.165) is 4.70 Å². The number of nitrogen functional groups attached to an aromatic ring is 1. The molecule has 7 N–H and O–H groups in total. The number of aliphatic hydroxyl groups is 2. The number of aromatic nitrogens is 5. The van der Waals surface area contributed by atoms with Gasteiger partial charge in [-0.05, 0) is 18.2 Å². The first kappa shape index (κ1) is 27.3. The van der Waals surface area contributed by atoms with Crippen LogP contribution in [0.5, 0.6) is 5.75 Å². The number of phenols is 1. The lowest BCUT2D eigenvalue weighted by Gasteiger charge is -2.18. The number of carbonyl (C=O) groups is 1. The Morgan fingerprint density at radius 1 is 1.27 bits per heavy atom. The summed E-state index contributed by atoms with van der Waals surface area (Å²) in [4.78, 5) is 39.3. The van der Waals surface area contributed by atoms with E-state index in [1.165, 1.54) is 46.4 Å². The van der Waals surface area contributed by atoms with Gasteiger partial charge in [-0.2, -0.15) is 0 Å². The standard InChI is InChI=1S/C21H22N7O9PS2/c22-16-13-17(24-6-23-16)28(7-25-13)20-15(31)14(30)11(36-20)4-35-38(33,34)37-21(32)10-5-39-18(27-10)19-26-9-2-1-8(29)3-12(9)40-19/h1-3,6-7,10-11,14-15,18,20,27,29-31H,4-5H2,(H,33,34)(H2,22,23,24)/t10-,11-,14-,15-,18?,20-/m1/s1. The van der Waals surface area contributed by atoms with Crippen molar-refractivity contribution in [2.75, 3.05) is 18.1 Å². The second kappa shape index (κ2) is 10.5. The van der Waals surface area contributed by atoms with Gasteiger partial charge in [0.05, 0.1) is 23.2 Å². The van der Waals surface area contributed by atoms with Gasteiger partial charge in [-0.3, -0.25) is 19.3 Å². The van der Waals surface area contributed by atoms with Crippen molar-refractivity contribution < 1.29 is 43.4 Å². The molecule has 2 aliphatic heterocycles. The SMILES string of the molecule is Nc1ncnc2c1ncn2[C@@H]1O[C@H](COP(=O)(O)OC(=O)[C@H]2CSC(c3nc4ccc(O)cc4s3)N2)[C@@H](O)[C@H]1O. The van der Waals surface area contributed by atoms with Crippen LogP contribution in [-0.2, 0) is 23.1 Å². The number of aliphatic hydroxyl groups excluding tert-OH is 2. The van der Waals surface area contributed by atoms with Crippen LogP contribution in [0.25, 0.3) is 21.4 Å². The fourth-order valence-corrected chi connectivity index (χ4v) is 7.42. The summed E-state index contributed by atoms with van der Waals surface area (Å²) in [6.07, 6.45) is -2.89. The Balaban J connectivity index is 1.05. The van der Waals surface area contributed by atoms with Crippen molar-refractivity contribution in [2.24, 2.45) is 0 Å². The van der Waals surface area contributed by atoms with E-state index in [2.05, 4.69) is 25.3 Å². The number of nitrogens with two attached hydrogens (primary N) is 1. The van der Waals surface area contributed by atoms with E-state index in [1.54, 1.807) is 12.1 Å². The number of thioether (sulfide) groups is 1. The largest absolute Gasteiger partial charge is 0.529 e. The summed E-state index contributed by atoms with van der Waals surface area (Å²) in [6, 6.07) is 3.89. The molecule has 2 unspecified atom stereocenters. The fraction of sp³-hybridized carbons (Fsp3) is 0.381. The highest BCUT2D eigenvalue weighted by Gasteiger charge is 2.46. The molecule has 212 valence electrons. The van der Waals surface area contributed by atoms with Gasteiger partial charge in [0.1, 0.15) is 52.3 Å². The number of phenolic OH excluding ortho intramolecular Hbond substituents is 1. The van der Waals surface area contributed by atoms with Crippen LogP contribution in [0, 0.1) is 0 Å². The third-order valence-electron chi connectivity index (χ3n) is 6.29. The lowest BCUT2D eigenvalue weighted by molar-refractivity contribution is -0.138. The molecule has 0 bridgehead atoms. The highest BCUT2D eigenvalue weighted by atomic mass is 32.2. The van der Waals surface area contributed by atoms with Crippen molar-refractivity contribution >= 4 is 64.1 Å². The molecule has 0 radical (unpaired) electrons. The Kier molecular flexibility index (Phi) is 7.14. The number of rotatable bonds is 7. The molecule has 19 heteroatoms. The maximum Gasteiger partial charge on any atom is 0.529 e. The van der Waals surface area contributed by atoms with Crippen molar-refractivity contribution in [2.45, 2.75) is 36.0 Å². The number of carbonyl (C=O) groups excluding carboxylic acids is 1. The molecule has 2 saturated heterocycles. The Bertz CT molecular complexity index is 1640. The fourth-order valence-electron chi connectivity index (χ4n) is 4.32. The molecule has 0 aliphatic carbocycles. The highest BCUT2D eigenvalue weighted by Crippen LogP contribution is 2.46. The van der Waals surface area contributed by atoms with Gasteiger partial charge in [0.25, 0.3) is 0 Å². The predicted molar refractivity (Wildman–Crippen MR) is 141 cm³/mol. The lowest BCUT2D eigenvalue weighted by Crippen LogP contribution is -2.36. The molecule has 0 spiro atoms. The Morgan fingerprint density at radius 2 is 2.10 bits per heavy atom. The molecule has 0 amide bonds. The number of benzene rings is 1. The third-order valence-corrected chi connectivity index (χ3v) is 9.62. The molecule has 4 aromatic rings. The number of phosphoric acid groups is 1. The molecule has 7 atom stereocenters. The number of hydrogen-bond donors (Lipinski definition) is 6. The molecular weight excluding hydrogens is 589 g/mol. The van der Waals surface area contributed by atoms with Crippen LogP contribution in [0.1, 0.15) is 16.6 Å². The van der Waals surface area contributed by atoms with Gasteiger partial charge < -0.3 is 30.3 Å². The van der Waals surface area contributed by atoms with Gasteiger partial charge >= 0.3 is 13.8 Å². The maximum absolute atomic E-state index is 12.6. The molecule has 2 aliphatic rings. The summed E-state index contributed by atoms with van der Waals surface area (Å²) in [5, 5.41) is 34.0. The normalized spacial score (nSPS) is 28.3. The second-order valence-electron chi connectivity index (χ2n) is 8.94. The Hall–Kier alpha value is -2.93. The Morgan fingerprint density at radius 3 is 2.92 bits per heavy atom. The van der Waals surface area contributed by atoms with E-state index in [1.807, 2.05) is 0 Å². The van der Waals surface area contributed by atoms with Crippen LogP contribution < -0.4 is 11.1 Å². The number of aromatic hydroxyl groups is 1. The summed E-state index contributed by atoms with van der Waals surface area (Å²) in [6.45, 7) is -0.673. The molecule has 5 heterocycles. The quantitative estimate of drug-likeness (QED) is 0.155. The average molecular weight is 612 g/mol. The number of anilines is 1. The van der Waals surface area contributed by atoms with E-state index in [0.29, 0.717) is 10.5 Å². The zero-order valence-electron chi connectivity index (χ0n) is 20.2. The van der Waals surface area contributed by atoms with Gasteiger partial charge in [0.2, 0.25) is 0 Å². The number of phosphoric ester groups is 1. The van der Waals surface area contributed by atoms with Crippen molar-refractivity contribution in [1.82, 2.24) is 29.8 Å². The number of ether oxygens (including phenoxy) is 1. The van der Waals surface area contributed by atoms with Crippen LogP contribution in [0.2, 0.25) is 0 Å². The lowest BCUT2D eigenvalue weighted by atomic mass is 10.1. The first-order chi connectivity index (χ1) is 19.1. The monoisotopic (exact) mass is 611 g/mol. The smallest absolute Gasteiger partial charge is 0.508 e. The summed E-state index contributed by atoms with van der Waals surface area (Å²) >= 11 is 2.71. The van der Waals surface area contributed by atoms with E-state index in [4.69, 9.17) is 19.5 Å². The van der Waals surface area contributed by atoms with Crippen LogP contribution in [0.15, 0.2) is 30.9 Å². The van der Waals surface area contributed by atoms with E-state index >= 15 is 0 Å². The maximum atomic E-state index is 12.6. The molecule has 1 aromatic carbocycles. The summed E-state index contributed by atoms with van der Waals surface area (Å²) in [5.74, 6) is -0.532. The second-order valence-corrected chi connectivity index (χ2v) is 12.5. The van der Waals surface area contributed by atoms with Gasteiger partial charge in [0, 0.05) is 5.75 Å². The van der Waals surface area contributed by atoms with E-state index < -0.39 is 51.0 Å². The number of fused-ring (bicyclic) bond motifs is 2. The number of nitrogens with one attached hydrogen (secondary N) is 1. The topological polar surface area (TPSA) is 237 Å².